The number of hydrogen-bond donors (Lipinski definition) is 2. The molecule has 1 atom stereocenters. The monoisotopic (exact) mass is 248 g/mol. The van der Waals surface area contributed by atoms with Crippen molar-refractivity contribution in [2.75, 3.05) is 24.5 Å². The van der Waals surface area contributed by atoms with E-state index in [9.17, 15) is 4.79 Å². The van der Waals surface area contributed by atoms with Crippen LogP contribution in [0.5, 0.6) is 0 Å². The van der Waals surface area contributed by atoms with E-state index in [1.54, 1.807) is 6.20 Å². The highest BCUT2D eigenvalue weighted by Crippen LogP contribution is 2.16. The SMILES string of the molecule is CCCNC(=O)NC1CCN(c2ccccn2)C1. The first-order valence-electron chi connectivity index (χ1n) is 6.50. The van der Waals surface area contributed by atoms with Crippen LogP contribution >= 0.6 is 0 Å². The van der Waals surface area contributed by atoms with Crippen LogP contribution in [0, 0.1) is 0 Å². The molecule has 0 spiro atoms. The van der Waals surface area contributed by atoms with E-state index in [0.717, 1.165) is 38.3 Å². The molecule has 2 amide bonds. The fourth-order valence-electron chi connectivity index (χ4n) is 2.10. The molecule has 1 fully saturated rings. The van der Waals surface area contributed by atoms with Crippen molar-refractivity contribution in [1.29, 1.82) is 0 Å². The molecule has 1 aliphatic heterocycles. The summed E-state index contributed by atoms with van der Waals surface area (Å²) in [7, 11) is 0. The molecule has 2 heterocycles. The highest BCUT2D eigenvalue weighted by Gasteiger charge is 2.24. The Labute approximate surface area is 108 Å². The number of urea groups is 1. The lowest BCUT2D eigenvalue weighted by Crippen LogP contribution is -2.43. The van der Waals surface area contributed by atoms with Crippen molar-refractivity contribution in [2.24, 2.45) is 0 Å². The molecular weight excluding hydrogens is 228 g/mol. The van der Waals surface area contributed by atoms with Gasteiger partial charge in [0, 0.05) is 31.9 Å². The van der Waals surface area contributed by atoms with Crippen molar-refractivity contribution in [2.45, 2.75) is 25.8 Å². The van der Waals surface area contributed by atoms with Crippen molar-refractivity contribution in [3.05, 3.63) is 24.4 Å². The molecule has 5 heteroatoms. The van der Waals surface area contributed by atoms with E-state index in [2.05, 4.69) is 20.5 Å². The van der Waals surface area contributed by atoms with Gasteiger partial charge in [-0.15, -0.1) is 0 Å². The first-order chi connectivity index (χ1) is 8.79. The van der Waals surface area contributed by atoms with Crippen LogP contribution in [0.1, 0.15) is 19.8 Å². The normalized spacial score (nSPS) is 18.7. The Morgan fingerprint density at radius 3 is 3.17 bits per heavy atom. The third kappa shape index (κ3) is 3.35. The quantitative estimate of drug-likeness (QED) is 0.846. The number of carbonyl (C=O) groups is 1. The molecule has 1 unspecified atom stereocenters. The fourth-order valence-corrected chi connectivity index (χ4v) is 2.10. The fraction of sp³-hybridized carbons (Fsp3) is 0.538. The minimum atomic E-state index is -0.0651. The molecule has 2 rings (SSSR count). The molecule has 1 aromatic heterocycles. The van der Waals surface area contributed by atoms with E-state index in [4.69, 9.17) is 0 Å². The molecule has 0 aliphatic carbocycles. The molecule has 0 radical (unpaired) electrons. The Kier molecular flexibility index (Phi) is 4.39. The minimum Gasteiger partial charge on any atom is -0.354 e. The topological polar surface area (TPSA) is 57.3 Å². The van der Waals surface area contributed by atoms with Gasteiger partial charge < -0.3 is 15.5 Å². The highest BCUT2D eigenvalue weighted by molar-refractivity contribution is 5.74. The van der Waals surface area contributed by atoms with Crippen molar-refractivity contribution < 1.29 is 4.79 Å². The van der Waals surface area contributed by atoms with E-state index in [1.165, 1.54) is 0 Å². The molecule has 98 valence electrons. The standard InChI is InChI=1S/C13H20N4O/c1-2-7-15-13(18)16-11-6-9-17(10-11)12-5-3-4-8-14-12/h3-5,8,11H,2,6-7,9-10H2,1H3,(H2,15,16,18). The predicted molar refractivity (Wildman–Crippen MR) is 71.7 cm³/mol. The van der Waals surface area contributed by atoms with E-state index in [1.807, 2.05) is 25.1 Å². The van der Waals surface area contributed by atoms with Gasteiger partial charge in [-0.05, 0) is 25.0 Å². The number of nitrogens with one attached hydrogen (secondary N) is 2. The summed E-state index contributed by atoms with van der Waals surface area (Å²) in [6.45, 7) is 4.54. The Hall–Kier alpha value is -1.78. The molecule has 2 N–H and O–H groups in total. The minimum absolute atomic E-state index is 0.0651. The summed E-state index contributed by atoms with van der Waals surface area (Å²) in [6.07, 6.45) is 3.72. The van der Waals surface area contributed by atoms with Gasteiger partial charge in [-0.3, -0.25) is 0 Å². The van der Waals surface area contributed by atoms with E-state index < -0.39 is 0 Å². The smallest absolute Gasteiger partial charge is 0.315 e. The van der Waals surface area contributed by atoms with E-state index >= 15 is 0 Å². The summed E-state index contributed by atoms with van der Waals surface area (Å²) in [4.78, 5) is 18.1. The van der Waals surface area contributed by atoms with Crippen molar-refractivity contribution >= 4 is 11.8 Å². The van der Waals surface area contributed by atoms with Crippen LogP contribution in [0.15, 0.2) is 24.4 Å². The number of nitrogens with zero attached hydrogens (tertiary/aromatic N) is 2. The maximum atomic E-state index is 11.5. The Morgan fingerprint density at radius 2 is 2.44 bits per heavy atom. The maximum Gasteiger partial charge on any atom is 0.315 e. The second-order valence-electron chi connectivity index (χ2n) is 4.52. The average molecular weight is 248 g/mol. The summed E-state index contributed by atoms with van der Waals surface area (Å²) in [5.74, 6) is 0.982. The zero-order chi connectivity index (χ0) is 12.8. The molecule has 1 aliphatic rings. The van der Waals surface area contributed by atoms with Crippen molar-refractivity contribution in [3.8, 4) is 0 Å². The van der Waals surface area contributed by atoms with Crippen LogP contribution < -0.4 is 15.5 Å². The molecule has 5 nitrogen and oxygen atoms in total. The van der Waals surface area contributed by atoms with Crippen molar-refractivity contribution in [1.82, 2.24) is 15.6 Å². The zero-order valence-electron chi connectivity index (χ0n) is 10.7. The van der Waals surface area contributed by atoms with Crippen LogP contribution in [-0.2, 0) is 0 Å². The highest BCUT2D eigenvalue weighted by atomic mass is 16.2. The number of rotatable bonds is 4. The average Bonchev–Trinajstić information content (AvgIpc) is 2.86. The van der Waals surface area contributed by atoms with Crippen LogP contribution in [0.2, 0.25) is 0 Å². The summed E-state index contributed by atoms with van der Waals surface area (Å²) in [5, 5.41) is 5.82. The molecule has 1 saturated heterocycles. The van der Waals surface area contributed by atoms with Crippen molar-refractivity contribution in [3.63, 3.8) is 0 Å². The number of anilines is 1. The van der Waals surface area contributed by atoms with Gasteiger partial charge in [0.15, 0.2) is 0 Å². The molecule has 0 saturated carbocycles. The Bertz CT molecular complexity index is 382. The van der Waals surface area contributed by atoms with Gasteiger partial charge in [0.2, 0.25) is 0 Å². The summed E-state index contributed by atoms with van der Waals surface area (Å²) < 4.78 is 0. The zero-order valence-corrected chi connectivity index (χ0v) is 10.7. The number of aromatic nitrogens is 1. The molecule has 0 bridgehead atoms. The van der Waals surface area contributed by atoms with Crippen LogP contribution in [0.3, 0.4) is 0 Å². The lowest BCUT2D eigenvalue weighted by Gasteiger charge is -2.17. The van der Waals surface area contributed by atoms with Gasteiger partial charge in [-0.2, -0.15) is 0 Å². The largest absolute Gasteiger partial charge is 0.354 e. The van der Waals surface area contributed by atoms with Crippen LogP contribution in [0.4, 0.5) is 10.6 Å². The lowest BCUT2D eigenvalue weighted by molar-refractivity contribution is 0.238. The molecular formula is C13H20N4O. The first-order valence-corrected chi connectivity index (χ1v) is 6.50. The Morgan fingerprint density at radius 1 is 1.56 bits per heavy atom. The Balaban J connectivity index is 1.80. The molecule has 0 aromatic carbocycles. The lowest BCUT2D eigenvalue weighted by atomic mass is 10.3. The van der Waals surface area contributed by atoms with Gasteiger partial charge in [-0.25, -0.2) is 9.78 Å². The third-order valence-corrected chi connectivity index (χ3v) is 3.03. The second-order valence-corrected chi connectivity index (χ2v) is 4.52. The van der Waals surface area contributed by atoms with Gasteiger partial charge >= 0.3 is 6.03 Å². The van der Waals surface area contributed by atoms with Gasteiger partial charge in [0.05, 0.1) is 0 Å². The summed E-state index contributed by atoms with van der Waals surface area (Å²) in [6, 6.07) is 6.04. The first kappa shape index (κ1) is 12.7. The van der Waals surface area contributed by atoms with E-state index in [0.29, 0.717) is 0 Å². The summed E-state index contributed by atoms with van der Waals surface area (Å²) in [5.41, 5.74) is 0. The van der Waals surface area contributed by atoms with Gasteiger partial charge in [0.25, 0.3) is 0 Å². The predicted octanol–water partition coefficient (Wildman–Crippen LogP) is 1.37. The maximum absolute atomic E-state index is 11.5. The van der Waals surface area contributed by atoms with Crippen LogP contribution in [0.25, 0.3) is 0 Å². The summed E-state index contributed by atoms with van der Waals surface area (Å²) >= 11 is 0. The van der Waals surface area contributed by atoms with E-state index in [-0.39, 0.29) is 12.1 Å². The number of carbonyl (C=O) groups excluding carboxylic acids is 1. The van der Waals surface area contributed by atoms with Gasteiger partial charge in [0.1, 0.15) is 5.82 Å². The molecule has 18 heavy (non-hydrogen) atoms. The number of pyridine rings is 1. The number of hydrogen-bond acceptors (Lipinski definition) is 3. The third-order valence-electron chi connectivity index (χ3n) is 3.03. The van der Waals surface area contributed by atoms with Gasteiger partial charge in [-0.1, -0.05) is 13.0 Å². The molecule has 1 aromatic rings. The number of amides is 2. The second kappa shape index (κ2) is 6.23. The van der Waals surface area contributed by atoms with Crippen LogP contribution in [-0.4, -0.2) is 36.7 Å².